The smallest absolute Gasteiger partial charge is 0.254 e. The number of H-pyrrole nitrogens is 1. The minimum absolute atomic E-state index is 0.0203. The Morgan fingerprint density at radius 3 is 2.68 bits per heavy atom. The first-order valence-corrected chi connectivity index (χ1v) is 6.39. The number of aromatic amines is 1. The van der Waals surface area contributed by atoms with Gasteiger partial charge in [0.2, 0.25) is 0 Å². The van der Waals surface area contributed by atoms with Gasteiger partial charge < -0.3 is 9.64 Å². The molecule has 19 heavy (non-hydrogen) atoms. The molecule has 1 amide bonds. The van der Waals surface area contributed by atoms with E-state index in [1.165, 1.54) is 0 Å². The van der Waals surface area contributed by atoms with E-state index in [0.29, 0.717) is 24.2 Å². The van der Waals surface area contributed by atoms with Gasteiger partial charge in [-0.05, 0) is 32.0 Å². The molecule has 3 rings (SSSR count). The second-order valence-corrected chi connectivity index (χ2v) is 4.99. The van der Waals surface area contributed by atoms with Crippen LogP contribution in [0.3, 0.4) is 0 Å². The van der Waals surface area contributed by atoms with Crippen LogP contribution in [-0.4, -0.2) is 51.5 Å². The first kappa shape index (κ1) is 12.1. The lowest BCUT2D eigenvalue weighted by molar-refractivity contribution is -0.0586. The maximum Gasteiger partial charge on any atom is 0.254 e. The summed E-state index contributed by atoms with van der Waals surface area (Å²) in [4.78, 5) is 14.3. The zero-order valence-electron chi connectivity index (χ0n) is 11.0. The fraction of sp³-hybridized carbons (Fsp3) is 0.462. The number of morpholine rings is 1. The zero-order valence-corrected chi connectivity index (χ0v) is 11.0. The Morgan fingerprint density at radius 2 is 1.95 bits per heavy atom. The highest BCUT2D eigenvalue weighted by Crippen LogP contribution is 2.16. The van der Waals surface area contributed by atoms with Crippen LogP contribution in [0.25, 0.3) is 11.0 Å². The standard InChI is InChI=1S/C13H16N4O2/c1-8-6-17(7-9(2)19-8)13(18)10-3-4-11-12(5-10)15-16-14-11/h3-5,8-9H,6-7H2,1-2H3,(H,14,15,16)/t8-,9+. The number of nitrogens with one attached hydrogen (secondary N) is 1. The number of carbonyl (C=O) groups is 1. The van der Waals surface area contributed by atoms with E-state index >= 15 is 0 Å². The van der Waals surface area contributed by atoms with E-state index in [9.17, 15) is 4.79 Å². The molecule has 2 atom stereocenters. The van der Waals surface area contributed by atoms with Gasteiger partial charge in [-0.2, -0.15) is 15.4 Å². The second-order valence-electron chi connectivity index (χ2n) is 4.99. The third-order valence-corrected chi connectivity index (χ3v) is 3.27. The van der Waals surface area contributed by atoms with Crippen LogP contribution >= 0.6 is 0 Å². The van der Waals surface area contributed by atoms with E-state index in [2.05, 4.69) is 15.4 Å². The predicted molar refractivity (Wildman–Crippen MR) is 69.8 cm³/mol. The molecule has 1 aromatic heterocycles. The molecule has 0 bridgehead atoms. The quantitative estimate of drug-likeness (QED) is 0.836. The third-order valence-electron chi connectivity index (χ3n) is 3.27. The van der Waals surface area contributed by atoms with Crippen molar-refractivity contribution in [2.45, 2.75) is 26.1 Å². The van der Waals surface area contributed by atoms with Crippen molar-refractivity contribution in [2.24, 2.45) is 0 Å². The Morgan fingerprint density at radius 1 is 1.26 bits per heavy atom. The molecule has 0 radical (unpaired) electrons. The van der Waals surface area contributed by atoms with E-state index in [1.54, 1.807) is 18.2 Å². The second kappa shape index (κ2) is 4.62. The molecule has 1 N–H and O–H groups in total. The lowest BCUT2D eigenvalue weighted by Gasteiger charge is -2.35. The average Bonchev–Trinajstić information content (AvgIpc) is 2.83. The Bertz CT molecular complexity index is 599. The summed E-state index contributed by atoms with van der Waals surface area (Å²) in [5.74, 6) is 0.0203. The van der Waals surface area contributed by atoms with Gasteiger partial charge in [-0.1, -0.05) is 0 Å². The SMILES string of the molecule is C[C@@H]1CN(C(=O)c2ccc3n[nH]nc3c2)C[C@H](C)O1. The zero-order chi connectivity index (χ0) is 13.4. The molecule has 100 valence electrons. The lowest BCUT2D eigenvalue weighted by Crippen LogP contribution is -2.48. The van der Waals surface area contributed by atoms with Gasteiger partial charge in [-0.25, -0.2) is 0 Å². The van der Waals surface area contributed by atoms with Crippen LogP contribution in [0.2, 0.25) is 0 Å². The fourth-order valence-electron chi connectivity index (χ4n) is 2.50. The van der Waals surface area contributed by atoms with Crippen molar-refractivity contribution in [1.82, 2.24) is 20.3 Å². The van der Waals surface area contributed by atoms with E-state index in [0.717, 1.165) is 5.52 Å². The molecule has 6 heteroatoms. The highest BCUT2D eigenvalue weighted by atomic mass is 16.5. The number of amides is 1. The van der Waals surface area contributed by atoms with Crippen LogP contribution in [0, 0.1) is 0 Å². The van der Waals surface area contributed by atoms with Gasteiger partial charge >= 0.3 is 0 Å². The van der Waals surface area contributed by atoms with Gasteiger partial charge in [0.1, 0.15) is 11.0 Å². The number of rotatable bonds is 1. The van der Waals surface area contributed by atoms with E-state index < -0.39 is 0 Å². The number of carbonyl (C=O) groups excluding carboxylic acids is 1. The molecule has 2 aromatic rings. The molecule has 0 spiro atoms. The van der Waals surface area contributed by atoms with Crippen LogP contribution < -0.4 is 0 Å². The summed E-state index contributed by atoms with van der Waals surface area (Å²) >= 11 is 0. The first-order valence-electron chi connectivity index (χ1n) is 6.39. The number of ether oxygens (including phenoxy) is 1. The van der Waals surface area contributed by atoms with Crippen LogP contribution in [0.1, 0.15) is 24.2 Å². The van der Waals surface area contributed by atoms with Crippen LogP contribution in [0.15, 0.2) is 18.2 Å². The largest absolute Gasteiger partial charge is 0.372 e. The Labute approximate surface area is 110 Å². The number of hydrogen-bond acceptors (Lipinski definition) is 4. The van der Waals surface area contributed by atoms with Crippen LogP contribution in [0.5, 0.6) is 0 Å². The molecule has 1 saturated heterocycles. The molecule has 1 aliphatic rings. The van der Waals surface area contributed by atoms with Crippen molar-refractivity contribution < 1.29 is 9.53 Å². The molecule has 0 unspecified atom stereocenters. The summed E-state index contributed by atoms with van der Waals surface area (Å²) in [5, 5.41) is 10.5. The number of benzene rings is 1. The van der Waals surface area contributed by atoms with Gasteiger partial charge in [-0.15, -0.1) is 0 Å². The van der Waals surface area contributed by atoms with Crippen molar-refractivity contribution in [1.29, 1.82) is 0 Å². The number of hydrogen-bond donors (Lipinski definition) is 1. The normalized spacial score (nSPS) is 23.8. The van der Waals surface area contributed by atoms with Crippen LogP contribution in [0.4, 0.5) is 0 Å². The van der Waals surface area contributed by atoms with Crippen LogP contribution in [-0.2, 0) is 4.74 Å². The van der Waals surface area contributed by atoms with Gasteiger partial charge in [-0.3, -0.25) is 4.79 Å². The summed E-state index contributed by atoms with van der Waals surface area (Å²) < 4.78 is 5.64. The van der Waals surface area contributed by atoms with Gasteiger partial charge in [0.05, 0.1) is 12.2 Å². The molecule has 1 aliphatic heterocycles. The monoisotopic (exact) mass is 260 g/mol. The predicted octanol–water partition coefficient (Wildman–Crippen LogP) is 1.21. The minimum Gasteiger partial charge on any atom is -0.372 e. The van der Waals surface area contributed by atoms with Gasteiger partial charge in [0.25, 0.3) is 5.91 Å². The van der Waals surface area contributed by atoms with Gasteiger partial charge in [0.15, 0.2) is 0 Å². The summed E-state index contributed by atoms with van der Waals surface area (Å²) in [6.45, 7) is 5.22. The molecule has 6 nitrogen and oxygen atoms in total. The Hall–Kier alpha value is -1.95. The molecule has 0 saturated carbocycles. The van der Waals surface area contributed by atoms with Crippen molar-refractivity contribution in [3.8, 4) is 0 Å². The number of nitrogens with zero attached hydrogens (tertiary/aromatic N) is 3. The highest BCUT2D eigenvalue weighted by Gasteiger charge is 2.26. The average molecular weight is 260 g/mol. The molecule has 2 heterocycles. The maximum absolute atomic E-state index is 12.5. The Kier molecular flexibility index (Phi) is 2.94. The van der Waals surface area contributed by atoms with E-state index in [1.807, 2.05) is 18.7 Å². The molecular formula is C13H16N4O2. The van der Waals surface area contributed by atoms with Crippen molar-refractivity contribution in [3.05, 3.63) is 23.8 Å². The van der Waals surface area contributed by atoms with E-state index in [-0.39, 0.29) is 18.1 Å². The molecule has 1 fully saturated rings. The topological polar surface area (TPSA) is 71.1 Å². The lowest BCUT2D eigenvalue weighted by atomic mass is 10.1. The maximum atomic E-state index is 12.5. The first-order chi connectivity index (χ1) is 9.13. The number of fused-ring (bicyclic) bond motifs is 1. The van der Waals surface area contributed by atoms with Crippen molar-refractivity contribution in [3.63, 3.8) is 0 Å². The summed E-state index contributed by atoms with van der Waals surface area (Å²) in [7, 11) is 0. The summed E-state index contributed by atoms with van der Waals surface area (Å²) in [6, 6.07) is 5.36. The molecule has 0 aliphatic carbocycles. The highest BCUT2D eigenvalue weighted by molar-refractivity contribution is 5.97. The van der Waals surface area contributed by atoms with E-state index in [4.69, 9.17) is 4.74 Å². The van der Waals surface area contributed by atoms with Crippen molar-refractivity contribution in [2.75, 3.05) is 13.1 Å². The van der Waals surface area contributed by atoms with Crippen molar-refractivity contribution >= 4 is 16.9 Å². The minimum atomic E-state index is 0.0203. The molecular weight excluding hydrogens is 244 g/mol. The Balaban J connectivity index is 1.86. The van der Waals surface area contributed by atoms with Gasteiger partial charge in [0, 0.05) is 18.7 Å². The summed E-state index contributed by atoms with van der Waals surface area (Å²) in [5.41, 5.74) is 2.11. The molecule has 1 aromatic carbocycles. The summed E-state index contributed by atoms with van der Waals surface area (Å²) in [6.07, 6.45) is 0.145. The number of aromatic nitrogens is 3. The fourth-order valence-corrected chi connectivity index (χ4v) is 2.50. The third kappa shape index (κ3) is 2.31.